The highest BCUT2D eigenvalue weighted by atomic mass is 79.9. The minimum Gasteiger partial charge on any atom is -0.494 e. The topological polar surface area (TPSA) is 51.2 Å². The molecule has 6 heteroatoms. The van der Waals surface area contributed by atoms with E-state index in [4.69, 9.17) is 4.74 Å². The zero-order valence-electron chi connectivity index (χ0n) is 12.5. The first-order valence-electron chi connectivity index (χ1n) is 6.72. The second kappa shape index (κ2) is 6.87. The molecule has 1 amide bonds. The molecule has 0 aliphatic carbocycles. The number of rotatable bonds is 4. The number of aromatic nitrogens is 1. The van der Waals surface area contributed by atoms with Gasteiger partial charge < -0.3 is 10.1 Å². The van der Waals surface area contributed by atoms with Crippen molar-refractivity contribution in [3.05, 3.63) is 52.0 Å². The van der Waals surface area contributed by atoms with Gasteiger partial charge in [-0.15, -0.1) is 0 Å². The highest BCUT2D eigenvalue weighted by molar-refractivity contribution is 9.10. The van der Waals surface area contributed by atoms with Crippen LogP contribution in [0.2, 0.25) is 0 Å². The number of nitrogens with zero attached hydrogens (tertiary/aromatic N) is 1. The minimum absolute atomic E-state index is 0.0252. The van der Waals surface area contributed by atoms with Gasteiger partial charge >= 0.3 is 0 Å². The van der Waals surface area contributed by atoms with E-state index in [1.165, 1.54) is 25.4 Å². The van der Waals surface area contributed by atoms with Crippen LogP contribution in [0, 0.1) is 5.82 Å². The molecule has 0 aliphatic heterocycles. The highest BCUT2D eigenvalue weighted by Gasteiger charge is 2.16. The first-order chi connectivity index (χ1) is 10.4. The summed E-state index contributed by atoms with van der Waals surface area (Å²) in [5.74, 6) is -0.312. The van der Waals surface area contributed by atoms with E-state index < -0.39 is 5.91 Å². The number of hydrogen-bond donors (Lipinski definition) is 1. The van der Waals surface area contributed by atoms with Crippen LogP contribution in [0.4, 0.5) is 10.1 Å². The molecule has 116 valence electrons. The first-order valence-corrected chi connectivity index (χ1v) is 7.52. The fourth-order valence-corrected chi connectivity index (χ4v) is 2.31. The Hall–Kier alpha value is -1.95. The number of benzene rings is 1. The van der Waals surface area contributed by atoms with E-state index in [0.29, 0.717) is 21.5 Å². The van der Waals surface area contributed by atoms with Gasteiger partial charge in [-0.1, -0.05) is 13.8 Å². The molecule has 2 aromatic rings. The molecule has 1 aromatic heterocycles. The molecule has 4 nitrogen and oxygen atoms in total. The van der Waals surface area contributed by atoms with Gasteiger partial charge in [0.2, 0.25) is 0 Å². The largest absolute Gasteiger partial charge is 0.494 e. The maximum atomic E-state index is 13.7. The van der Waals surface area contributed by atoms with Crippen molar-refractivity contribution < 1.29 is 13.9 Å². The number of pyridine rings is 1. The van der Waals surface area contributed by atoms with Crippen molar-refractivity contribution in [3.8, 4) is 5.75 Å². The number of ether oxygens (including phenoxy) is 1. The summed E-state index contributed by atoms with van der Waals surface area (Å²) in [6.45, 7) is 3.78. The number of methoxy groups -OCH3 is 1. The Kier molecular flexibility index (Phi) is 5.13. The van der Waals surface area contributed by atoms with Gasteiger partial charge in [-0.25, -0.2) is 9.37 Å². The van der Waals surface area contributed by atoms with Crippen LogP contribution in [0.3, 0.4) is 0 Å². The van der Waals surface area contributed by atoms with Crippen LogP contribution in [0.25, 0.3) is 0 Å². The third-order valence-corrected chi connectivity index (χ3v) is 3.56. The average Bonchev–Trinajstić information content (AvgIpc) is 2.48. The van der Waals surface area contributed by atoms with E-state index >= 15 is 0 Å². The van der Waals surface area contributed by atoms with Crippen molar-refractivity contribution in [2.45, 2.75) is 19.8 Å². The fourth-order valence-electron chi connectivity index (χ4n) is 2.00. The maximum Gasteiger partial charge on any atom is 0.278 e. The summed E-state index contributed by atoms with van der Waals surface area (Å²) in [6.07, 6.45) is 1.52. The SMILES string of the molecule is COc1cc(Br)cnc1C(=O)Nc1ccc(F)c(C(C)C)c1. The average molecular weight is 367 g/mol. The Labute approximate surface area is 136 Å². The number of anilines is 1. The molecule has 0 spiro atoms. The Bertz CT molecular complexity index is 705. The molecule has 0 atom stereocenters. The van der Waals surface area contributed by atoms with E-state index in [1.807, 2.05) is 13.8 Å². The van der Waals surface area contributed by atoms with Crippen molar-refractivity contribution in [1.82, 2.24) is 4.98 Å². The van der Waals surface area contributed by atoms with Crippen LogP contribution >= 0.6 is 15.9 Å². The number of hydrogen-bond acceptors (Lipinski definition) is 3. The lowest BCUT2D eigenvalue weighted by Gasteiger charge is -2.12. The standard InChI is InChI=1S/C16H16BrFN2O2/c1-9(2)12-7-11(4-5-13(12)18)20-16(21)15-14(22-3)6-10(17)8-19-15/h4-9H,1-3H3,(H,20,21). The maximum absolute atomic E-state index is 13.7. The van der Waals surface area contributed by atoms with Gasteiger partial charge in [-0.05, 0) is 51.7 Å². The molecule has 0 fully saturated rings. The summed E-state index contributed by atoms with van der Waals surface area (Å²) in [4.78, 5) is 16.4. The number of halogens is 2. The summed E-state index contributed by atoms with van der Waals surface area (Å²) in [5.41, 5.74) is 1.23. The van der Waals surface area contributed by atoms with Gasteiger partial charge in [-0.3, -0.25) is 4.79 Å². The third kappa shape index (κ3) is 3.62. The second-order valence-corrected chi connectivity index (χ2v) is 5.97. The zero-order valence-corrected chi connectivity index (χ0v) is 14.1. The molecule has 1 N–H and O–H groups in total. The summed E-state index contributed by atoms with van der Waals surface area (Å²) in [6, 6.07) is 6.15. The molecule has 2 rings (SSSR count). The third-order valence-electron chi connectivity index (χ3n) is 3.13. The van der Waals surface area contributed by atoms with E-state index in [2.05, 4.69) is 26.2 Å². The van der Waals surface area contributed by atoms with E-state index in [-0.39, 0.29) is 17.4 Å². The monoisotopic (exact) mass is 366 g/mol. The summed E-state index contributed by atoms with van der Waals surface area (Å²) < 4.78 is 19.6. The second-order valence-electron chi connectivity index (χ2n) is 5.05. The molecule has 1 aromatic carbocycles. The molecular weight excluding hydrogens is 351 g/mol. The predicted octanol–water partition coefficient (Wildman–Crippen LogP) is 4.37. The first kappa shape index (κ1) is 16.4. The van der Waals surface area contributed by atoms with Crippen molar-refractivity contribution in [2.24, 2.45) is 0 Å². The van der Waals surface area contributed by atoms with Crippen LogP contribution in [-0.2, 0) is 0 Å². The van der Waals surface area contributed by atoms with Gasteiger partial charge in [0, 0.05) is 16.4 Å². The summed E-state index contributed by atoms with van der Waals surface area (Å²) in [5, 5.41) is 2.71. The van der Waals surface area contributed by atoms with Crippen molar-refractivity contribution in [3.63, 3.8) is 0 Å². The van der Waals surface area contributed by atoms with Crippen LogP contribution in [-0.4, -0.2) is 18.0 Å². The fraction of sp³-hybridized carbons (Fsp3) is 0.250. The van der Waals surface area contributed by atoms with Crippen LogP contribution < -0.4 is 10.1 Å². The summed E-state index contributed by atoms with van der Waals surface area (Å²) >= 11 is 3.27. The normalized spacial score (nSPS) is 10.6. The molecule has 22 heavy (non-hydrogen) atoms. The van der Waals surface area contributed by atoms with Gasteiger partial charge in [0.25, 0.3) is 5.91 Å². The molecule has 0 radical (unpaired) electrons. The van der Waals surface area contributed by atoms with E-state index in [0.717, 1.165) is 0 Å². The van der Waals surface area contributed by atoms with Crippen molar-refractivity contribution in [2.75, 3.05) is 12.4 Å². The van der Waals surface area contributed by atoms with Gasteiger partial charge in [0.05, 0.1) is 7.11 Å². The number of nitrogens with one attached hydrogen (secondary N) is 1. The molecule has 0 saturated carbocycles. The lowest BCUT2D eigenvalue weighted by Crippen LogP contribution is -2.15. The predicted molar refractivity (Wildman–Crippen MR) is 86.9 cm³/mol. The lowest BCUT2D eigenvalue weighted by atomic mass is 10.0. The molecule has 1 heterocycles. The van der Waals surface area contributed by atoms with Gasteiger partial charge in [0.1, 0.15) is 5.82 Å². The Morgan fingerprint density at radius 1 is 1.36 bits per heavy atom. The Morgan fingerprint density at radius 2 is 2.09 bits per heavy atom. The van der Waals surface area contributed by atoms with E-state index in [9.17, 15) is 9.18 Å². The number of carbonyl (C=O) groups excluding carboxylic acids is 1. The highest BCUT2D eigenvalue weighted by Crippen LogP contribution is 2.25. The number of amides is 1. The Balaban J connectivity index is 2.28. The lowest BCUT2D eigenvalue weighted by molar-refractivity contribution is 0.101. The van der Waals surface area contributed by atoms with Crippen LogP contribution in [0.5, 0.6) is 5.75 Å². The number of carbonyl (C=O) groups is 1. The molecule has 0 saturated heterocycles. The van der Waals surface area contributed by atoms with E-state index in [1.54, 1.807) is 12.1 Å². The van der Waals surface area contributed by atoms with Crippen molar-refractivity contribution >= 4 is 27.5 Å². The van der Waals surface area contributed by atoms with Crippen LogP contribution in [0.15, 0.2) is 34.9 Å². The summed E-state index contributed by atoms with van der Waals surface area (Å²) in [7, 11) is 1.47. The minimum atomic E-state index is -0.411. The molecule has 0 aliphatic rings. The zero-order chi connectivity index (χ0) is 16.3. The molecule has 0 bridgehead atoms. The van der Waals surface area contributed by atoms with Gasteiger partial charge in [0.15, 0.2) is 11.4 Å². The Morgan fingerprint density at radius 3 is 2.73 bits per heavy atom. The van der Waals surface area contributed by atoms with Crippen LogP contribution in [0.1, 0.15) is 35.8 Å². The quantitative estimate of drug-likeness (QED) is 0.873. The van der Waals surface area contributed by atoms with Crippen molar-refractivity contribution in [1.29, 1.82) is 0 Å². The van der Waals surface area contributed by atoms with Gasteiger partial charge in [-0.2, -0.15) is 0 Å². The molecule has 0 unspecified atom stereocenters. The molecular formula is C16H16BrFN2O2. The smallest absolute Gasteiger partial charge is 0.278 e.